The van der Waals surface area contributed by atoms with Crippen LogP contribution in [-0.4, -0.2) is 46.5 Å². The van der Waals surface area contributed by atoms with Gasteiger partial charge in [-0.25, -0.2) is 14.2 Å². The lowest BCUT2D eigenvalue weighted by molar-refractivity contribution is -0.0522. The maximum Gasteiger partial charge on any atom is 0.416 e. The van der Waals surface area contributed by atoms with Crippen LogP contribution in [0.4, 0.5) is 29.7 Å². The summed E-state index contributed by atoms with van der Waals surface area (Å²) in [6.45, 7) is 0.148. The predicted molar refractivity (Wildman–Crippen MR) is 96.4 cm³/mol. The van der Waals surface area contributed by atoms with E-state index in [0.29, 0.717) is 5.56 Å². The molecule has 1 aliphatic rings. The number of aliphatic hydroxyl groups is 1. The fourth-order valence-corrected chi connectivity index (χ4v) is 2.86. The third kappa shape index (κ3) is 4.67. The van der Waals surface area contributed by atoms with Crippen LogP contribution in [0.5, 0.6) is 5.75 Å². The van der Waals surface area contributed by atoms with Crippen molar-refractivity contribution in [2.75, 3.05) is 16.8 Å². The van der Waals surface area contributed by atoms with Crippen LogP contribution < -0.4 is 15.0 Å². The molecule has 2 heterocycles. The summed E-state index contributed by atoms with van der Waals surface area (Å²) in [5.74, 6) is -1.10. The van der Waals surface area contributed by atoms with Crippen LogP contribution in [0.1, 0.15) is 25.5 Å². The van der Waals surface area contributed by atoms with Crippen LogP contribution in [0.3, 0.4) is 0 Å². The van der Waals surface area contributed by atoms with Crippen molar-refractivity contribution in [1.29, 1.82) is 0 Å². The molecule has 1 aromatic carbocycles. The Morgan fingerprint density at radius 3 is 2.76 bits per heavy atom. The van der Waals surface area contributed by atoms with Gasteiger partial charge in [0.2, 0.25) is 5.95 Å². The van der Waals surface area contributed by atoms with Gasteiger partial charge in [0.05, 0.1) is 12.1 Å². The SMILES string of the molecule is C[C@H](Nc1nccc(N2C(=O)OCC2[C@@H](C)O)n1)c1ccc(OC(F)F)c(F)c1. The first-order valence-corrected chi connectivity index (χ1v) is 8.74. The summed E-state index contributed by atoms with van der Waals surface area (Å²) >= 11 is 0. The summed E-state index contributed by atoms with van der Waals surface area (Å²) in [4.78, 5) is 21.6. The van der Waals surface area contributed by atoms with Crippen molar-refractivity contribution >= 4 is 17.9 Å². The number of aromatic nitrogens is 2. The molecule has 0 saturated carbocycles. The molecule has 11 heteroatoms. The van der Waals surface area contributed by atoms with Gasteiger partial charge in [0.15, 0.2) is 11.6 Å². The Hall–Kier alpha value is -3.08. The number of anilines is 2. The lowest BCUT2D eigenvalue weighted by atomic mass is 10.1. The highest BCUT2D eigenvalue weighted by Gasteiger charge is 2.38. The van der Waals surface area contributed by atoms with Gasteiger partial charge in [-0.1, -0.05) is 6.07 Å². The Labute approximate surface area is 164 Å². The minimum Gasteiger partial charge on any atom is -0.447 e. The molecule has 3 rings (SSSR count). The van der Waals surface area contributed by atoms with Crippen molar-refractivity contribution in [3.63, 3.8) is 0 Å². The van der Waals surface area contributed by atoms with Crippen LogP contribution in [0.15, 0.2) is 30.5 Å². The molecule has 1 saturated heterocycles. The number of aliphatic hydroxyl groups excluding tert-OH is 1. The zero-order chi connectivity index (χ0) is 21.1. The number of rotatable bonds is 7. The molecule has 29 heavy (non-hydrogen) atoms. The molecular weight excluding hydrogens is 393 g/mol. The molecule has 0 radical (unpaired) electrons. The Morgan fingerprint density at radius 1 is 1.34 bits per heavy atom. The number of ether oxygens (including phenoxy) is 2. The first-order valence-electron chi connectivity index (χ1n) is 8.74. The molecule has 0 spiro atoms. The smallest absolute Gasteiger partial charge is 0.416 e. The van der Waals surface area contributed by atoms with Crippen LogP contribution in [0, 0.1) is 5.82 Å². The molecule has 2 N–H and O–H groups in total. The normalized spacial score (nSPS) is 18.5. The number of carbonyl (C=O) groups is 1. The zero-order valence-electron chi connectivity index (χ0n) is 15.6. The number of hydrogen-bond acceptors (Lipinski definition) is 7. The Kier molecular flexibility index (Phi) is 6.06. The van der Waals surface area contributed by atoms with E-state index in [1.807, 2.05) is 0 Å². The molecule has 156 valence electrons. The number of cyclic esters (lactones) is 1. The van der Waals surface area contributed by atoms with Gasteiger partial charge in [0, 0.05) is 6.20 Å². The van der Waals surface area contributed by atoms with E-state index in [4.69, 9.17) is 4.74 Å². The molecule has 1 aliphatic heterocycles. The fraction of sp³-hybridized carbons (Fsp3) is 0.389. The van der Waals surface area contributed by atoms with Crippen LogP contribution in [-0.2, 0) is 4.74 Å². The van der Waals surface area contributed by atoms with E-state index in [1.54, 1.807) is 6.92 Å². The van der Waals surface area contributed by atoms with Crippen molar-refractivity contribution in [1.82, 2.24) is 9.97 Å². The molecule has 2 aromatic rings. The van der Waals surface area contributed by atoms with Crippen LogP contribution in [0.2, 0.25) is 0 Å². The zero-order valence-corrected chi connectivity index (χ0v) is 15.6. The van der Waals surface area contributed by atoms with Gasteiger partial charge in [-0.2, -0.15) is 13.8 Å². The highest BCUT2D eigenvalue weighted by molar-refractivity contribution is 5.89. The lowest BCUT2D eigenvalue weighted by Gasteiger charge is -2.23. The average Bonchev–Trinajstić information content (AvgIpc) is 3.05. The van der Waals surface area contributed by atoms with Gasteiger partial charge < -0.3 is 19.9 Å². The highest BCUT2D eigenvalue weighted by Crippen LogP contribution is 2.27. The standard InChI is InChI=1S/C18H19F3N4O4/c1-9(11-3-4-14(12(19)7-11)29-16(20)21)23-17-22-6-5-15(24-17)25-13(10(2)26)8-28-18(25)27/h3-7,9-10,13,16,26H,8H2,1-2H3,(H,22,23,24)/t9-,10+,13?/m0/s1. The number of nitrogens with zero attached hydrogens (tertiary/aromatic N) is 3. The number of hydrogen-bond donors (Lipinski definition) is 2. The molecule has 1 unspecified atom stereocenters. The number of alkyl halides is 2. The summed E-state index contributed by atoms with van der Waals surface area (Å²) in [7, 11) is 0. The topological polar surface area (TPSA) is 96.8 Å². The summed E-state index contributed by atoms with van der Waals surface area (Å²) in [6, 6.07) is 4.04. The second-order valence-corrected chi connectivity index (χ2v) is 6.43. The molecule has 1 amide bonds. The Morgan fingerprint density at radius 2 is 2.10 bits per heavy atom. The third-order valence-corrected chi connectivity index (χ3v) is 4.37. The second kappa shape index (κ2) is 8.52. The number of benzene rings is 1. The van der Waals surface area contributed by atoms with Crippen molar-refractivity contribution in [3.8, 4) is 5.75 Å². The lowest BCUT2D eigenvalue weighted by Crippen LogP contribution is -2.41. The van der Waals surface area contributed by atoms with Crippen molar-refractivity contribution < 1.29 is 32.5 Å². The van der Waals surface area contributed by atoms with E-state index in [2.05, 4.69) is 20.0 Å². The largest absolute Gasteiger partial charge is 0.447 e. The first kappa shape index (κ1) is 20.6. The fourth-order valence-electron chi connectivity index (χ4n) is 2.86. The highest BCUT2D eigenvalue weighted by atomic mass is 19.3. The van der Waals surface area contributed by atoms with Gasteiger partial charge >= 0.3 is 12.7 Å². The van der Waals surface area contributed by atoms with Crippen LogP contribution >= 0.6 is 0 Å². The van der Waals surface area contributed by atoms with E-state index in [-0.39, 0.29) is 18.4 Å². The summed E-state index contributed by atoms with van der Waals surface area (Å²) < 4.78 is 47.5. The van der Waals surface area contributed by atoms with E-state index in [0.717, 1.165) is 12.1 Å². The maximum absolute atomic E-state index is 13.9. The maximum atomic E-state index is 13.9. The van der Waals surface area contributed by atoms with Crippen LogP contribution in [0.25, 0.3) is 0 Å². The van der Waals surface area contributed by atoms with Gasteiger partial charge in [0.1, 0.15) is 18.5 Å². The van der Waals surface area contributed by atoms with Crippen molar-refractivity contribution in [2.45, 2.75) is 38.6 Å². The van der Waals surface area contributed by atoms with Gasteiger partial charge in [-0.05, 0) is 37.6 Å². The van der Waals surface area contributed by atoms with Gasteiger partial charge in [-0.15, -0.1) is 0 Å². The monoisotopic (exact) mass is 412 g/mol. The summed E-state index contributed by atoms with van der Waals surface area (Å²) in [5, 5.41) is 12.8. The number of nitrogens with one attached hydrogen (secondary N) is 1. The second-order valence-electron chi connectivity index (χ2n) is 6.43. The molecule has 1 aromatic heterocycles. The number of halogens is 3. The third-order valence-electron chi connectivity index (χ3n) is 4.37. The van der Waals surface area contributed by atoms with E-state index in [1.165, 1.54) is 30.2 Å². The molecule has 1 fully saturated rings. The Bertz CT molecular complexity index is 884. The minimum absolute atomic E-state index is 0.0337. The summed E-state index contributed by atoms with van der Waals surface area (Å²) in [6.07, 6.45) is -0.0450. The predicted octanol–water partition coefficient (Wildman–Crippen LogP) is 3.10. The molecule has 0 bridgehead atoms. The Balaban J connectivity index is 1.76. The van der Waals surface area contributed by atoms with E-state index >= 15 is 0 Å². The van der Waals surface area contributed by atoms with Crippen molar-refractivity contribution in [2.24, 2.45) is 0 Å². The van der Waals surface area contributed by atoms with E-state index < -0.39 is 42.5 Å². The molecular formula is C18H19F3N4O4. The first-order chi connectivity index (χ1) is 13.8. The molecule has 0 aliphatic carbocycles. The number of amides is 1. The minimum atomic E-state index is -3.12. The average molecular weight is 412 g/mol. The van der Waals surface area contributed by atoms with Gasteiger partial charge in [0.25, 0.3) is 0 Å². The quantitative estimate of drug-likeness (QED) is 0.721. The van der Waals surface area contributed by atoms with E-state index in [9.17, 15) is 23.1 Å². The molecule has 3 atom stereocenters. The van der Waals surface area contributed by atoms with Gasteiger partial charge in [-0.3, -0.25) is 4.90 Å². The molecule has 8 nitrogen and oxygen atoms in total. The number of carbonyl (C=O) groups excluding carboxylic acids is 1. The summed E-state index contributed by atoms with van der Waals surface area (Å²) in [5.41, 5.74) is 0.445. The van der Waals surface area contributed by atoms with Crippen molar-refractivity contribution in [3.05, 3.63) is 41.8 Å².